The van der Waals surface area contributed by atoms with Crippen LogP contribution >= 0.6 is 0 Å². The maximum atomic E-state index is 5.88. The Kier molecular flexibility index (Phi) is 5.16. The van der Waals surface area contributed by atoms with Crippen LogP contribution in [0, 0.1) is 0 Å². The van der Waals surface area contributed by atoms with E-state index in [0.717, 1.165) is 47.4 Å². The molecule has 0 atom stereocenters. The predicted molar refractivity (Wildman–Crippen MR) is 96.7 cm³/mol. The summed E-state index contributed by atoms with van der Waals surface area (Å²) in [7, 11) is 1.66. The van der Waals surface area contributed by atoms with E-state index >= 15 is 0 Å². The highest BCUT2D eigenvalue weighted by Crippen LogP contribution is 2.28. The maximum absolute atomic E-state index is 5.88. The van der Waals surface area contributed by atoms with Crippen molar-refractivity contribution >= 4 is 10.9 Å². The number of aromatic nitrogens is 2. The van der Waals surface area contributed by atoms with Crippen LogP contribution in [0.2, 0.25) is 0 Å². The fourth-order valence-electron chi connectivity index (χ4n) is 2.73. The Morgan fingerprint density at radius 1 is 1.17 bits per heavy atom. The molecule has 0 saturated carbocycles. The summed E-state index contributed by atoms with van der Waals surface area (Å²) in [5.41, 5.74) is 2.32. The van der Waals surface area contributed by atoms with Crippen molar-refractivity contribution in [1.82, 2.24) is 9.78 Å². The zero-order valence-electron chi connectivity index (χ0n) is 13.9. The molecule has 0 unspecified atom stereocenters. The van der Waals surface area contributed by atoms with Crippen molar-refractivity contribution in [3.63, 3.8) is 0 Å². The first kappa shape index (κ1) is 16.1. The van der Waals surface area contributed by atoms with Crippen LogP contribution in [0.15, 0.2) is 61.3 Å². The normalized spacial score (nSPS) is 10.7. The van der Waals surface area contributed by atoms with E-state index in [9.17, 15) is 0 Å². The van der Waals surface area contributed by atoms with Gasteiger partial charge in [-0.15, -0.1) is 6.58 Å². The third-order valence-electron chi connectivity index (χ3n) is 3.93. The van der Waals surface area contributed by atoms with Gasteiger partial charge in [-0.1, -0.05) is 30.3 Å². The van der Waals surface area contributed by atoms with Crippen LogP contribution in [0.1, 0.15) is 12.0 Å². The minimum absolute atomic E-state index is 0.616. The van der Waals surface area contributed by atoms with Gasteiger partial charge in [-0.25, -0.2) is 0 Å². The fraction of sp³-hybridized carbons (Fsp3) is 0.250. The molecule has 0 aliphatic rings. The van der Waals surface area contributed by atoms with Gasteiger partial charge in [-0.3, -0.25) is 4.68 Å². The molecule has 24 heavy (non-hydrogen) atoms. The molecule has 0 fully saturated rings. The number of methoxy groups -OCH3 is 1. The number of hydrogen-bond acceptors (Lipinski definition) is 3. The molecule has 0 bridgehead atoms. The number of hydrogen-bond donors (Lipinski definition) is 0. The Morgan fingerprint density at radius 3 is 2.88 bits per heavy atom. The quantitative estimate of drug-likeness (QED) is 0.460. The lowest BCUT2D eigenvalue weighted by Crippen LogP contribution is -2.06. The lowest BCUT2D eigenvalue weighted by Gasteiger charge is -2.12. The second-order valence-corrected chi connectivity index (χ2v) is 5.61. The highest BCUT2D eigenvalue weighted by molar-refractivity contribution is 5.78. The predicted octanol–water partition coefficient (Wildman–Crippen LogP) is 4.24. The molecule has 2 aromatic carbocycles. The number of aryl methyl sites for hydroxylation is 1. The molecule has 0 spiro atoms. The number of ether oxygens (including phenoxy) is 2. The molecule has 0 radical (unpaired) electrons. The molecule has 0 amide bonds. The molecule has 4 nitrogen and oxygen atoms in total. The first-order valence-electron chi connectivity index (χ1n) is 8.13. The molecule has 3 aromatic rings. The number of rotatable bonds is 8. The number of allylic oxidation sites excluding steroid dienone is 1. The van der Waals surface area contributed by atoms with Crippen molar-refractivity contribution < 1.29 is 9.47 Å². The van der Waals surface area contributed by atoms with E-state index in [0.29, 0.717) is 6.61 Å². The van der Waals surface area contributed by atoms with Crippen LogP contribution in [0.3, 0.4) is 0 Å². The van der Waals surface area contributed by atoms with Gasteiger partial charge in [0.05, 0.1) is 25.4 Å². The van der Waals surface area contributed by atoms with E-state index in [1.807, 2.05) is 47.3 Å². The second kappa shape index (κ2) is 7.68. The summed E-state index contributed by atoms with van der Waals surface area (Å²) in [6.07, 6.45) is 5.48. The largest absolute Gasteiger partial charge is 0.493 e. The Hall–Kier alpha value is -2.75. The van der Waals surface area contributed by atoms with Crippen LogP contribution < -0.4 is 9.47 Å². The zero-order chi connectivity index (χ0) is 16.8. The molecular formula is C20H22N2O2. The second-order valence-electron chi connectivity index (χ2n) is 5.61. The summed E-state index contributed by atoms with van der Waals surface area (Å²) in [5.74, 6) is 1.54. The molecule has 1 aromatic heterocycles. The van der Waals surface area contributed by atoms with Crippen molar-refractivity contribution in [2.75, 3.05) is 13.7 Å². The summed E-state index contributed by atoms with van der Waals surface area (Å²) >= 11 is 0. The third kappa shape index (κ3) is 3.59. The van der Waals surface area contributed by atoms with Gasteiger partial charge in [-0.2, -0.15) is 5.10 Å². The average molecular weight is 322 g/mol. The van der Waals surface area contributed by atoms with E-state index in [-0.39, 0.29) is 0 Å². The first-order chi connectivity index (χ1) is 11.8. The SMILES string of the molecule is C=CCc1ccc(OCCCn2ncc3ccccc32)c(OC)c1. The molecular weight excluding hydrogens is 300 g/mol. The summed E-state index contributed by atoms with van der Waals surface area (Å²) in [6, 6.07) is 14.2. The molecule has 1 heterocycles. The lowest BCUT2D eigenvalue weighted by atomic mass is 10.1. The van der Waals surface area contributed by atoms with Crippen LogP contribution in [0.25, 0.3) is 10.9 Å². The Bertz CT molecular complexity index is 823. The van der Waals surface area contributed by atoms with Crippen molar-refractivity contribution in [3.05, 3.63) is 66.9 Å². The fourth-order valence-corrected chi connectivity index (χ4v) is 2.73. The van der Waals surface area contributed by atoms with Gasteiger partial charge in [0, 0.05) is 18.4 Å². The third-order valence-corrected chi connectivity index (χ3v) is 3.93. The van der Waals surface area contributed by atoms with Crippen molar-refractivity contribution in [2.24, 2.45) is 0 Å². The standard InChI is InChI=1S/C20H22N2O2/c1-3-7-16-10-11-19(20(14-16)23-2)24-13-6-12-22-18-9-5-4-8-17(18)15-21-22/h3-5,8-11,14-15H,1,6-7,12-13H2,2H3. The molecule has 0 aliphatic carbocycles. The van der Waals surface area contributed by atoms with E-state index in [1.165, 1.54) is 0 Å². The maximum Gasteiger partial charge on any atom is 0.161 e. The zero-order valence-corrected chi connectivity index (χ0v) is 13.9. The van der Waals surface area contributed by atoms with E-state index in [1.54, 1.807) is 7.11 Å². The van der Waals surface area contributed by atoms with Crippen LogP contribution in [0.5, 0.6) is 11.5 Å². The van der Waals surface area contributed by atoms with Crippen LogP contribution in [0.4, 0.5) is 0 Å². The van der Waals surface area contributed by atoms with Gasteiger partial charge in [0.15, 0.2) is 11.5 Å². The van der Waals surface area contributed by atoms with E-state index in [2.05, 4.69) is 23.8 Å². The highest BCUT2D eigenvalue weighted by atomic mass is 16.5. The van der Waals surface area contributed by atoms with Gasteiger partial charge in [-0.05, 0) is 30.2 Å². The summed E-state index contributed by atoms with van der Waals surface area (Å²) < 4.78 is 13.3. The highest BCUT2D eigenvalue weighted by Gasteiger charge is 2.06. The monoisotopic (exact) mass is 322 g/mol. The summed E-state index contributed by atoms with van der Waals surface area (Å²) in [4.78, 5) is 0. The van der Waals surface area contributed by atoms with Crippen molar-refractivity contribution in [2.45, 2.75) is 19.4 Å². The Morgan fingerprint density at radius 2 is 2.04 bits per heavy atom. The Balaban J connectivity index is 1.57. The van der Waals surface area contributed by atoms with Gasteiger partial charge in [0.25, 0.3) is 0 Å². The number of nitrogens with zero attached hydrogens (tertiary/aromatic N) is 2. The molecule has 0 N–H and O–H groups in total. The number of para-hydroxylation sites is 1. The van der Waals surface area contributed by atoms with Crippen molar-refractivity contribution in [3.8, 4) is 11.5 Å². The molecule has 3 rings (SSSR count). The van der Waals surface area contributed by atoms with Gasteiger partial charge < -0.3 is 9.47 Å². The van der Waals surface area contributed by atoms with E-state index < -0.39 is 0 Å². The number of fused-ring (bicyclic) bond motifs is 1. The molecule has 124 valence electrons. The Labute approximate surface area is 142 Å². The van der Waals surface area contributed by atoms with E-state index in [4.69, 9.17) is 9.47 Å². The first-order valence-corrected chi connectivity index (χ1v) is 8.13. The lowest BCUT2D eigenvalue weighted by molar-refractivity contribution is 0.281. The van der Waals surface area contributed by atoms with Gasteiger partial charge in [0.1, 0.15) is 0 Å². The minimum Gasteiger partial charge on any atom is -0.493 e. The van der Waals surface area contributed by atoms with Crippen LogP contribution in [-0.2, 0) is 13.0 Å². The average Bonchev–Trinajstić information content (AvgIpc) is 3.03. The minimum atomic E-state index is 0.616. The van der Waals surface area contributed by atoms with Gasteiger partial charge in [0.2, 0.25) is 0 Å². The van der Waals surface area contributed by atoms with Gasteiger partial charge >= 0.3 is 0 Å². The number of benzene rings is 2. The topological polar surface area (TPSA) is 36.3 Å². The summed E-state index contributed by atoms with van der Waals surface area (Å²) in [5, 5.41) is 5.60. The molecule has 0 saturated heterocycles. The van der Waals surface area contributed by atoms with Crippen molar-refractivity contribution in [1.29, 1.82) is 0 Å². The molecule has 0 aliphatic heterocycles. The smallest absolute Gasteiger partial charge is 0.161 e. The molecule has 4 heteroatoms. The van der Waals surface area contributed by atoms with Crippen LogP contribution in [-0.4, -0.2) is 23.5 Å². The summed E-state index contributed by atoms with van der Waals surface area (Å²) in [6.45, 7) is 5.20.